The maximum Gasteiger partial charge on any atom is 0.326 e. The number of aryl methyl sites for hydroxylation is 3. The summed E-state index contributed by atoms with van der Waals surface area (Å²) in [6.45, 7) is 3.96. The van der Waals surface area contributed by atoms with Gasteiger partial charge in [-0.2, -0.15) is 5.10 Å². The van der Waals surface area contributed by atoms with Crippen molar-refractivity contribution in [3.8, 4) is 0 Å². The number of anilines is 2. The van der Waals surface area contributed by atoms with Crippen molar-refractivity contribution in [1.82, 2.24) is 9.78 Å². The smallest absolute Gasteiger partial charge is 0.307 e. The average Bonchev–Trinajstić information content (AvgIpc) is 2.79. The number of para-hydroxylation sites is 1. The lowest BCUT2D eigenvalue weighted by Gasteiger charge is -2.18. The Balaban J connectivity index is 2.17. The first-order chi connectivity index (χ1) is 8.99. The zero-order valence-corrected chi connectivity index (χ0v) is 11.6. The molecule has 0 aliphatic carbocycles. The van der Waals surface area contributed by atoms with Gasteiger partial charge in [0.1, 0.15) is 0 Å². The first-order valence-corrected chi connectivity index (χ1v) is 6.08. The van der Waals surface area contributed by atoms with Crippen LogP contribution in [0, 0.1) is 13.8 Å². The Kier molecular flexibility index (Phi) is 3.55. The van der Waals surface area contributed by atoms with Crippen molar-refractivity contribution in [2.75, 3.05) is 17.3 Å². The number of nitrogens with one attached hydrogen (secondary N) is 1. The molecule has 1 aromatic carbocycles. The standard InChI is InChI=1S/C14H18N4O/c1-10-6-5-7-11(2)13(10)16-14(19)18(4)12-8-15-17(3)9-12/h5-9H,1-4H3,(H,16,19). The van der Waals surface area contributed by atoms with E-state index in [1.807, 2.05) is 39.1 Å². The van der Waals surface area contributed by atoms with Crippen LogP contribution in [0.4, 0.5) is 16.2 Å². The van der Waals surface area contributed by atoms with Crippen LogP contribution < -0.4 is 10.2 Å². The molecule has 100 valence electrons. The highest BCUT2D eigenvalue weighted by Crippen LogP contribution is 2.20. The zero-order chi connectivity index (χ0) is 14.0. The highest BCUT2D eigenvalue weighted by Gasteiger charge is 2.14. The molecule has 0 unspecified atom stereocenters. The fourth-order valence-corrected chi connectivity index (χ4v) is 1.90. The summed E-state index contributed by atoms with van der Waals surface area (Å²) in [4.78, 5) is 13.7. The maximum atomic E-state index is 12.2. The Hall–Kier alpha value is -2.30. The van der Waals surface area contributed by atoms with E-state index >= 15 is 0 Å². The van der Waals surface area contributed by atoms with Gasteiger partial charge in [0.05, 0.1) is 11.9 Å². The second-order valence-electron chi connectivity index (χ2n) is 4.63. The van der Waals surface area contributed by atoms with Crippen LogP contribution >= 0.6 is 0 Å². The largest absolute Gasteiger partial charge is 0.326 e. The van der Waals surface area contributed by atoms with E-state index in [-0.39, 0.29) is 6.03 Å². The molecule has 0 bridgehead atoms. The third kappa shape index (κ3) is 2.76. The summed E-state index contributed by atoms with van der Waals surface area (Å²) < 4.78 is 1.66. The predicted molar refractivity (Wildman–Crippen MR) is 76.5 cm³/mol. The van der Waals surface area contributed by atoms with Gasteiger partial charge >= 0.3 is 6.03 Å². The average molecular weight is 258 g/mol. The van der Waals surface area contributed by atoms with Crippen LogP contribution in [0.2, 0.25) is 0 Å². The van der Waals surface area contributed by atoms with Crippen molar-refractivity contribution in [1.29, 1.82) is 0 Å². The van der Waals surface area contributed by atoms with Crippen molar-refractivity contribution in [2.24, 2.45) is 7.05 Å². The first-order valence-electron chi connectivity index (χ1n) is 6.08. The lowest BCUT2D eigenvalue weighted by atomic mass is 10.1. The Labute approximate surface area is 112 Å². The summed E-state index contributed by atoms with van der Waals surface area (Å²) in [6.07, 6.45) is 3.45. The predicted octanol–water partition coefficient (Wildman–Crippen LogP) is 2.71. The normalized spacial score (nSPS) is 10.3. The number of nitrogens with zero attached hydrogens (tertiary/aromatic N) is 3. The highest BCUT2D eigenvalue weighted by molar-refractivity contribution is 6.02. The number of hydrogen-bond acceptors (Lipinski definition) is 2. The van der Waals surface area contributed by atoms with Crippen LogP contribution in [-0.2, 0) is 7.05 Å². The van der Waals surface area contributed by atoms with Gasteiger partial charge in [-0.3, -0.25) is 9.58 Å². The molecule has 2 rings (SSSR count). The fourth-order valence-electron chi connectivity index (χ4n) is 1.90. The van der Waals surface area contributed by atoms with Gasteiger partial charge in [-0.15, -0.1) is 0 Å². The molecule has 0 saturated carbocycles. The molecule has 0 aliphatic heterocycles. The van der Waals surface area contributed by atoms with E-state index < -0.39 is 0 Å². The number of aromatic nitrogens is 2. The van der Waals surface area contributed by atoms with Crippen LogP contribution in [0.3, 0.4) is 0 Å². The molecule has 1 aromatic heterocycles. The lowest BCUT2D eigenvalue weighted by Crippen LogP contribution is -2.31. The van der Waals surface area contributed by atoms with E-state index in [0.29, 0.717) is 0 Å². The molecule has 0 fully saturated rings. The molecule has 0 aliphatic rings. The van der Waals surface area contributed by atoms with Gasteiger partial charge in [0, 0.05) is 26.0 Å². The summed E-state index contributed by atoms with van der Waals surface area (Å²) >= 11 is 0. The topological polar surface area (TPSA) is 50.2 Å². The molecule has 0 saturated heterocycles. The van der Waals surface area contributed by atoms with Gasteiger partial charge in [-0.1, -0.05) is 18.2 Å². The van der Waals surface area contributed by atoms with Gasteiger partial charge in [-0.25, -0.2) is 4.79 Å². The molecule has 1 heterocycles. The zero-order valence-electron chi connectivity index (χ0n) is 11.6. The molecule has 0 atom stereocenters. The highest BCUT2D eigenvalue weighted by atomic mass is 16.2. The van der Waals surface area contributed by atoms with E-state index in [1.54, 1.807) is 29.0 Å². The van der Waals surface area contributed by atoms with Crippen LogP contribution in [0.1, 0.15) is 11.1 Å². The minimum absolute atomic E-state index is 0.176. The Morgan fingerprint density at radius 1 is 1.32 bits per heavy atom. The third-order valence-corrected chi connectivity index (χ3v) is 3.10. The molecule has 2 aromatic rings. The van der Waals surface area contributed by atoms with Gasteiger partial charge in [-0.05, 0) is 25.0 Å². The van der Waals surface area contributed by atoms with E-state index in [4.69, 9.17) is 0 Å². The number of carbonyl (C=O) groups is 1. The minimum atomic E-state index is -0.176. The molecular formula is C14H18N4O. The number of rotatable bonds is 2. The van der Waals surface area contributed by atoms with Crippen LogP contribution in [0.5, 0.6) is 0 Å². The third-order valence-electron chi connectivity index (χ3n) is 3.10. The first kappa shape index (κ1) is 13.1. The van der Waals surface area contributed by atoms with Gasteiger partial charge in [0.25, 0.3) is 0 Å². The van der Waals surface area contributed by atoms with Gasteiger partial charge < -0.3 is 5.32 Å². The Morgan fingerprint density at radius 2 is 1.95 bits per heavy atom. The Bertz CT molecular complexity index is 583. The number of amides is 2. The second kappa shape index (κ2) is 5.14. The van der Waals surface area contributed by atoms with Crippen molar-refractivity contribution in [3.05, 3.63) is 41.7 Å². The molecule has 5 heteroatoms. The summed E-state index contributed by atoms with van der Waals surface area (Å²) in [5.74, 6) is 0. The summed E-state index contributed by atoms with van der Waals surface area (Å²) in [5.41, 5.74) is 3.72. The lowest BCUT2D eigenvalue weighted by molar-refractivity contribution is 0.258. The monoisotopic (exact) mass is 258 g/mol. The maximum absolute atomic E-state index is 12.2. The van der Waals surface area contributed by atoms with Crippen molar-refractivity contribution < 1.29 is 4.79 Å². The molecular weight excluding hydrogens is 240 g/mol. The van der Waals surface area contributed by atoms with Gasteiger partial charge in [0.15, 0.2) is 0 Å². The summed E-state index contributed by atoms with van der Waals surface area (Å²) in [7, 11) is 3.54. The number of hydrogen-bond donors (Lipinski definition) is 1. The number of carbonyl (C=O) groups excluding carboxylic acids is 1. The molecule has 1 N–H and O–H groups in total. The number of urea groups is 1. The molecule has 19 heavy (non-hydrogen) atoms. The Morgan fingerprint density at radius 3 is 2.47 bits per heavy atom. The molecule has 2 amide bonds. The molecule has 0 radical (unpaired) electrons. The minimum Gasteiger partial charge on any atom is -0.307 e. The molecule has 0 spiro atoms. The van der Waals surface area contributed by atoms with E-state index in [2.05, 4.69) is 10.4 Å². The summed E-state index contributed by atoms with van der Waals surface area (Å²) in [6, 6.07) is 5.76. The van der Waals surface area contributed by atoms with Crippen LogP contribution in [0.25, 0.3) is 0 Å². The van der Waals surface area contributed by atoms with E-state index in [1.165, 1.54) is 0 Å². The van der Waals surface area contributed by atoms with Gasteiger partial charge in [0.2, 0.25) is 0 Å². The SMILES string of the molecule is Cc1cccc(C)c1NC(=O)N(C)c1cnn(C)c1. The van der Waals surface area contributed by atoms with Crippen LogP contribution in [-0.4, -0.2) is 22.9 Å². The quantitative estimate of drug-likeness (QED) is 0.900. The molecule has 5 nitrogen and oxygen atoms in total. The van der Waals surface area contributed by atoms with Crippen molar-refractivity contribution >= 4 is 17.4 Å². The number of benzene rings is 1. The van der Waals surface area contributed by atoms with E-state index in [0.717, 1.165) is 22.5 Å². The van der Waals surface area contributed by atoms with Crippen molar-refractivity contribution in [3.63, 3.8) is 0 Å². The van der Waals surface area contributed by atoms with Crippen LogP contribution in [0.15, 0.2) is 30.6 Å². The summed E-state index contributed by atoms with van der Waals surface area (Å²) in [5, 5.41) is 6.99. The van der Waals surface area contributed by atoms with Crippen molar-refractivity contribution in [2.45, 2.75) is 13.8 Å². The second-order valence-corrected chi connectivity index (χ2v) is 4.63. The fraction of sp³-hybridized carbons (Fsp3) is 0.286. The van der Waals surface area contributed by atoms with E-state index in [9.17, 15) is 4.79 Å².